The third kappa shape index (κ3) is 6.19. The molecule has 0 fully saturated rings. The first kappa shape index (κ1) is 31.2. The van der Waals surface area contributed by atoms with Crippen molar-refractivity contribution in [1.82, 2.24) is 0 Å². The number of halogens is 1. The number of anilines is 3. The van der Waals surface area contributed by atoms with Crippen molar-refractivity contribution in [2.45, 2.75) is 23.1 Å². The van der Waals surface area contributed by atoms with Gasteiger partial charge in [-0.3, -0.25) is 13.4 Å². The Morgan fingerprint density at radius 3 is 2.27 bits per heavy atom. The maximum atomic E-state index is 14.0. The number of sulfonamides is 2. The Morgan fingerprint density at radius 1 is 0.909 bits per heavy atom. The molecule has 5 rings (SSSR count). The fraction of sp³-hybridized carbons (Fsp3) is 0.194. The zero-order chi connectivity index (χ0) is 31.6. The highest BCUT2D eigenvalue weighted by Gasteiger charge is 2.33. The lowest BCUT2D eigenvalue weighted by molar-refractivity contribution is -0.114. The van der Waals surface area contributed by atoms with Gasteiger partial charge in [-0.1, -0.05) is 23.7 Å². The number of carbonyl (C=O) groups excluding carboxylic acids is 1. The van der Waals surface area contributed by atoms with Crippen LogP contribution in [-0.4, -0.2) is 50.1 Å². The van der Waals surface area contributed by atoms with Gasteiger partial charge >= 0.3 is 0 Å². The molecule has 10 nitrogen and oxygen atoms in total. The number of methoxy groups -OCH3 is 2. The molecule has 13 heteroatoms. The molecular formula is C31H30ClN3O7S2. The van der Waals surface area contributed by atoms with Crippen LogP contribution in [-0.2, 0) is 31.3 Å². The predicted molar refractivity (Wildman–Crippen MR) is 170 cm³/mol. The van der Waals surface area contributed by atoms with Gasteiger partial charge in [-0.05, 0) is 97.3 Å². The fourth-order valence-electron chi connectivity index (χ4n) is 4.91. The van der Waals surface area contributed by atoms with Crippen LogP contribution in [0, 0.1) is 6.92 Å². The zero-order valence-corrected chi connectivity index (χ0v) is 26.5. The van der Waals surface area contributed by atoms with Crippen molar-refractivity contribution in [1.29, 1.82) is 0 Å². The van der Waals surface area contributed by atoms with Crippen LogP contribution in [0.2, 0.25) is 5.02 Å². The van der Waals surface area contributed by atoms with Gasteiger partial charge in [0.25, 0.3) is 20.0 Å². The Bertz CT molecular complexity index is 1920. The standard InChI is InChI=1S/C31H30ClN3O7S2/c1-21-4-15-29(42-3)30(18-21)44(39,40)35(25-9-11-26(41-2)12-10-25)20-31(36)33-24-8-5-22-16-17-34(28(22)19-24)43(37,38)27-13-6-23(32)7-14-27/h4-15,18-19H,16-17,20H2,1-3H3,(H,33,36). The van der Waals surface area contributed by atoms with E-state index in [2.05, 4.69) is 5.32 Å². The van der Waals surface area contributed by atoms with Gasteiger partial charge in [-0.25, -0.2) is 16.8 Å². The third-order valence-electron chi connectivity index (χ3n) is 7.16. The zero-order valence-electron chi connectivity index (χ0n) is 24.2. The van der Waals surface area contributed by atoms with Crippen molar-refractivity contribution < 1.29 is 31.1 Å². The molecule has 0 atom stereocenters. The van der Waals surface area contributed by atoms with E-state index in [0.717, 1.165) is 9.87 Å². The molecule has 1 aliphatic heterocycles. The van der Waals surface area contributed by atoms with Gasteiger partial charge in [-0.2, -0.15) is 0 Å². The third-order valence-corrected chi connectivity index (χ3v) is 11.0. The number of rotatable bonds is 10. The van der Waals surface area contributed by atoms with Gasteiger partial charge in [0.05, 0.1) is 30.5 Å². The van der Waals surface area contributed by atoms with Crippen molar-refractivity contribution in [2.75, 3.05) is 41.2 Å². The molecule has 0 radical (unpaired) electrons. The van der Waals surface area contributed by atoms with Gasteiger partial charge in [-0.15, -0.1) is 0 Å². The Labute approximate surface area is 261 Å². The average Bonchev–Trinajstić information content (AvgIpc) is 3.44. The summed E-state index contributed by atoms with van der Waals surface area (Å²) in [5, 5.41) is 3.16. The molecule has 1 amide bonds. The number of amides is 1. The lowest BCUT2D eigenvalue weighted by atomic mass is 10.1. The molecule has 0 saturated carbocycles. The van der Waals surface area contributed by atoms with E-state index in [9.17, 15) is 21.6 Å². The molecule has 1 heterocycles. The van der Waals surface area contributed by atoms with Crippen molar-refractivity contribution in [3.63, 3.8) is 0 Å². The van der Waals surface area contributed by atoms with Crippen molar-refractivity contribution >= 4 is 54.6 Å². The minimum Gasteiger partial charge on any atom is -0.497 e. The second-order valence-electron chi connectivity index (χ2n) is 10.0. The predicted octanol–water partition coefficient (Wildman–Crippen LogP) is 5.25. The first-order valence-corrected chi connectivity index (χ1v) is 16.7. The number of nitrogens with one attached hydrogen (secondary N) is 1. The number of benzene rings is 4. The molecule has 4 aromatic rings. The van der Waals surface area contributed by atoms with Crippen LogP contribution < -0.4 is 23.4 Å². The number of aryl methyl sites for hydroxylation is 1. The molecule has 230 valence electrons. The van der Waals surface area contributed by atoms with Gasteiger partial charge in [0.2, 0.25) is 5.91 Å². The highest BCUT2D eigenvalue weighted by Crippen LogP contribution is 2.36. The van der Waals surface area contributed by atoms with E-state index in [0.29, 0.717) is 34.1 Å². The maximum absolute atomic E-state index is 14.0. The Morgan fingerprint density at radius 2 is 1.61 bits per heavy atom. The summed E-state index contributed by atoms with van der Waals surface area (Å²) < 4.78 is 67.7. The van der Waals surface area contributed by atoms with E-state index in [-0.39, 0.29) is 27.8 Å². The van der Waals surface area contributed by atoms with Crippen molar-refractivity contribution in [2.24, 2.45) is 0 Å². The molecule has 1 aliphatic rings. The molecule has 4 aromatic carbocycles. The monoisotopic (exact) mass is 655 g/mol. The molecule has 0 aliphatic carbocycles. The summed E-state index contributed by atoms with van der Waals surface area (Å²) in [6.07, 6.45) is 0.498. The van der Waals surface area contributed by atoms with E-state index in [4.69, 9.17) is 21.1 Å². The van der Waals surface area contributed by atoms with Crippen LogP contribution in [0.4, 0.5) is 17.1 Å². The molecule has 0 saturated heterocycles. The number of fused-ring (bicyclic) bond motifs is 1. The fourth-order valence-corrected chi connectivity index (χ4v) is 8.20. The highest BCUT2D eigenvalue weighted by molar-refractivity contribution is 7.93. The van der Waals surface area contributed by atoms with Crippen LogP contribution in [0.15, 0.2) is 94.7 Å². The van der Waals surface area contributed by atoms with Gasteiger partial charge < -0.3 is 14.8 Å². The smallest absolute Gasteiger partial charge is 0.268 e. The molecular weight excluding hydrogens is 626 g/mol. The van der Waals surface area contributed by atoms with Crippen LogP contribution in [0.5, 0.6) is 11.5 Å². The SMILES string of the molecule is COc1ccc(N(CC(=O)Nc2ccc3c(c2)N(S(=O)(=O)c2ccc(Cl)cc2)CC3)S(=O)(=O)c2cc(C)ccc2OC)cc1. The van der Waals surface area contributed by atoms with E-state index in [1.165, 1.54) is 48.9 Å². The number of hydrogen-bond donors (Lipinski definition) is 1. The topological polar surface area (TPSA) is 122 Å². The number of hydrogen-bond acceptors (Lipinski definition) is 7. The summed E-state index contributed by atoms with van der Waals surface area (Å²) in [6, 6.07) is 21.9. The number of ether oxygens (including phenoxy) is 2. The maximum Gasteiger partial charge on any atom is 0.268 e. The van der Waals surface area contributed by atoms with E-state index in [1.807, 2.05) is 0 Å². The normalized spacial score (nSPS) is 12.9. The minimum absolute atomic E-state index is 0.0933. The Balaban J connectivity index is 1.45. The lowest BCUT2D eigenvalue weighted by Gasteiger charge is -2.25. The molecule has 1 N–H and O–H groups in total. The second kappa shape index (κ2) is 12.4. The summed E-state index contributed by atoms with van der Waals surface area (Å²) in [5.74, 6) is 0.0103. The number of nitrogens with zero attached hydrogens (tertiary/aromatic N) is 2. The van der Waals surface area contributed by atoms with Gasteiger partial charge in [0, 0.05) is 17.3 Å². The Hall–Kier alpha value is -4.26. The minimum atomic E-state index is -4.29. The lowest BCUT2D eigenvalue weighted by Crippen LogP contribution is -2.38. The molecule has 44 heavy (non-hydrogen) atoms. The van der Waals surface area contributed by atoms with Crippen LogP contribution in [0.3, 0.4) is 0 Å². The summed E-state index contributed by atoms with van der Waals surface area (Å²) >= 11 is 5.94. The summed E-state index contributed by atoms with van der Waals surface area (Å²) in [4.78, 5) is 13.4. The van der Waals surface area contributed by atoms with Gasteiger partial charge in [0.1, 0.15) is 22.9 Å². The highest BCUT2D eigenvalue weighted by atomic mass is 35.5. The first-order valence-electron chi connectivity index (χ1n) is 13.5. The molecule has 0 spiro atoms. The average molecular weight is 656 g/mol. The van der Waals surface area contributed by atoms with Crippen molar-refractivity contribution in [3.05, 3.63) is 101 Å². The summed E-state index contributed by atoms with van der Waals surface area (Å²) in [7, 11) is -5.30. The molecule has 0 unspecified atom stereocenters. The summed E-state index contributed by atoms with van der Waals surface area (Å²) in [6.45, 7) is 1.42. The van der Waals surface area contributed by atoms with Crippen molar-refractivity contribution in [3.8, 4) is 11.5 Å². The quantitative estimate of drug-likeness (QED) is 0.248. The summed E-state index contributed by atoms with van der Waals surface area (Å²) in [5.41, 5.74) is 2.47. The first-order chi connectivity index (χ1) is 20.9. The molecule has 0 aromatic heterocycles. The largest absolute Gasteiger partial charge is 0.497 e. The van der Waals surface area contributed by atoms with E-state index < -0.39 is 32.5 Å². The molecule has 0 bridgehead atoms. The van der Waals surface area contributed by atoms with E-state index in [1.54, 1.807) is 61.5 Å². The van der Waals surface area contributed by atoms with Crippen LogP contribution in [0.25, 0.3) is 0 Å². The van der Waals surface area contributed by atoms with Crippen LogP contribution >= 0.6 is 11.6 Å². The van der Waals surface area contributed by atoms with Crippen LogP contribution in [0.1, 0.15) is 11.1 Å². The second-order valence-corrected chi connectivity index (χ2v) is 14.2. The van der Waals surface area contributed by atoms with Gasteiger partial charge in [0.15, 0.2) is 0 Å². The van der Waals surface area contributed by atoms with E-state index >= 15 is 0 Å². The Kier molecular flexibility index (Phi) is 8.78. The number of carbonyl (C=O) groups is 1.